The molecular formula is C15H17NO3S2. The molecule has 0 saturated heterocycles. The molecule has 1 aromatic heterocycles. The van der Waals surface area contributed by atoms with Gasteiger partial charge in [-0.2, -0.15) is 0 Å². The van der Waals surface area contributed by atoms with Crippen LogP contribution in [0, 0.1) is 6.92 Å². The molecule has 1 atom stereocenters. The van der Waals surface area contributed by atoms with Gasteiger partial charge in [-0.1, -0.05) is 18.2 Å². The van der Waals surface area contributed by atoms with Gasteiger partial charge in [0.05, 0.1) is 12.3 Å². The third-order valence-electron chi connectivity index (χ3n) is 3.76. The molecule has 0 radical (unpaired) electrons. The van der Waals surface area contributed by atoms with E-state index in [1.807, 2.05) is 31.2 Å². The molecule has 1 N–H and O–H groups in total. The first-order valence-corrected chi connectivity index (χ1v) is 9.03. The van der Waals surface area contributed by atoms with Gasteiger partial charge in [-0.3, -0.25) is 4.31 Å². The second-order valence-electron chi connectivity index (χ2n) is 5.27. The van der Waals surface area contributed by atoms with Crippen LogP contribution in [-0.4, -0.2) is 19.6 Å². The SMILES string of the molecule is Cc1sc(CO)cc1S(=O)(=O)N1c2ccccc2CC1C. The molecule has 21 heavy (non-hydrogen) atoms. The molecule has 0 bridgehead atoms. The van der Waals surface area contributed by atoms with E-state index in [0.717, 1.165) is 22.5 Å². The number of anilines is 1. The molecule has 4 nitrogen and oxygen atoms in total. The maximum absolute atomic E-state index is 13.0. The number of rotatable bonds is 3. The Morgan fingerprint density at radius 1 is 1.38 bits per heavy atom. The molecular weight excluding hydrogens is 306 g/mol. The number of benzene rings is 1. The van der Waals surface area contributed by atoms with Crippen LogP contribution in [0.15, 0.2) is 35.2 Å². The van der Waals surface area contributed by atoms with E-state index in [2.05, 4.69) is 0 Å². The number of fused-ring (bicyclic) bond motifs is 1. The van der Waals surface area contributed by atoms with Gasteiger partial charge in [-0.15, -0.1) is 11.3 Å². The number of hydrogen-bond donors (Lipinski definition) is 1. The smallest absolute Gasteiger partial charge is 0.265 e. The Balaban J connectivity index is 2.12. The molecule has 3 rings (SSSR count). The molecule has 6 heteroatoms. The molecule has 1 aliphatic rings. The highest BCUT2D eigenvalue weighted by atomic mass is 32.2. The Hall–Kier alpha value is -1.37. The molecule has 2 heterocycles. The first-order valence-electron chi connectivity index (χ1n) is 6.77. The minimum Gasteiger partial charge on any atom is -0.391 e. The van der Waals surface area contributed by atoms with Gasteiger partial charge >= 0.3 is 0 Å². The molecule has 1 aliphatic heterocycles. The Morgan fingerprint density at radius 2 is 2.10 bits per heavy atom. The van der Waals surface area contributed by atoms with Crippen LogP contribution in [-0.2, 0) is 23.1 Å². The second-order valence-corrected chi connectivity index (χ2v) is 8.40. The summed E-state index contributed by atoms with van der Waals surface area (Å²) in [5.74, 6) is 0. The van der Waals surface area contributed by atoms with Gasteiger partial charge in [0.1, 0.15) is 4.90 Å². The zero-order valence-electron chi connectivity index (χ0n) is 11.9. The maximum Gasteiger partial charge on any atom is 0.265 e. The van der Waals surface area contributed by atoms with E-state index >= 15 is 0 Å². The lowest BCUT2D eigenvalue weighted by Crippen LogP contribution is -2.35. The van der Waals surface area contributed by atoms with Crippen molar-refractivity contribution in [2.75, 3.05) is 4.31 Å². The van der Waals surface area contributed by atoms with Crippen LogP contribution < -0.4 is 4.31 Å². The molecule has 0 aliphatic carbocycles. The van der Waals surface area contributed by atoms with Crippen molar-refractivity contribution in [3.63, 3.8) is 0 Å². The number of para-hydroxylation sites is 1. The number of hydrogen-bond acceptors (Lipinski definition) is 4. The molecule has 112 valence electrons. The third kappa shape index (κ3) is 2.27. The Bertz CT molecular complexity index is 780. The third-order valence-corrected chi connectivity index (χ3v) is 6.98. The van der Waals surface area contributed by atoms with E-state index in [1.165, 1.54) is 15.6 Å². The maximum atomic E-state index is 13.0. The molecule has 2 aromatic rings. The van der Waals surface area contributed by atoms with Crippen molar-refractivity contribution < 1.29 is 13.5 Å². The topological polar surface area (TPSA) is 57.6 Å². The Kier molecular flexibility index (Phi) is 3.55. The first-order chi connectivity index (χ1) is 9.95. The van der Waals surface area contributed by atoms with Crippen LogP contribution >= 0.6 is 11.3 Å². The highest BCUT2D eigenvalue weighted by Gasteiger charge is 2.37. The van der Waals surface area contributed by atoms with E-state index in [0.29, 0.717) is 9.77 Å². The number of aliphatic hydroxyl groups is 1. The van der Waals surface area contributed by atoms with Crippen LogP contribution in [0.25, 0.3) is 0 Å². The average Bonchev–Trinajstić information content (AvgIpc) is 2.98. The highest BCUT2D eigenvalue weighted by Crippen LogP contribution is 2.38. The van der Waals surface area contributed by atoms with Gasteiger partial charge in [-0.05, 0) is 38.0 Å². The lowest BCUT2D eigenvalue weighted by atomic mass is 10.1. The Morgan fingerprint density at radius 3 is 2.76 bits per heavy atom. The molecule has 1 aromatic carbocycles. The summed E-state index contributed by atoms with van der Waals surface area (Å²) in [6.07, 6.45) is 0.728. The first kappa shape index (κ1) is 14.6. The normalized spacial score (nSPS) is 18.0. The zero-order valence-corrected chi connectivity index (χ0v) is 13.5. The number of thiophene rings is 1. The van der Waals surface area contributed by atoms with Crippen LogP contribution in [0.1, 0.15) is 22.2 Å². The number of aliphatic hydroxyl groups excluding tert-OH is 1. The van der Waals surface area contributed by atoms with Crippen LogP contribution in [0.3, 0.4) is 0 Å². The predicted molar refractivity (Wildman–Crippen MR) is 84.3 cm³/mol. The fourth-order valence-corrected chi connectivity index (χ4v) is 6.03. The van der Waals surface area contributed by atoms with Crippen molar-refractivity contribution >= 4 is 27.0 Å². The van der Waals surface area contributed by atoms with Gasteiger partial charge in [0, 0.05) is 15.8 Å². The van der Waals surface area contributed by atoms with E-state index in [4.69, 9.17) is 0 Å². The van der Waals surface area contributed by atoms with Crippen molar-refractivity contribution in [1.29, 1.82) is 0 Å². The summed E-state index contributed by atoms with van der Waals surface area (Å²) < 4.78 is 27.5. The van der Waals surface area contributed by atoms with Crippen molar-refractivity contribution in [3.05, 3.63) is 45.6 Å². The average molecular weight is 323 g/mol. The summed E-state index contributed by atoms with van der Waals surface area (Å²) in [7, 11) is -3.59. The highest BCUT2D eigenvalue weighted by molar-refractivity contribution is 7.93. The van der Waals surface area contributed by atoms with Crippen LogP contribution in [0.2, 0.25) is 0 Å². The molecule has 0 saturated carbocycles. The quantitative estimate of drug-likeness (QED) is 0.945. The number of aryl methyl sites for hydroxylation is 1. The standard InChI is InChI=1S/C15H17NO3S2/c1-10-7-12-5-3-4-6-14(12)16(10)21(18,19)15-8-13(9-17)20-11(15)2/h3-6,8,10,17H,7,9H2,1-2H3. The molecule has 0 amide bonds. The monoisotopic (exact) mass is 323 g/mol. The Labute approximate surface area is 128 Å². The van der Waals surface area contributed by atoms with Crippen molar-refractivity contribution in [3.8, 4) is 0 Å². The minimum absolute atomic E-state index is 0.0933. The fourth-order valence-electron chi connectivity index (χ4n) is 2.87. The van der Waals surface area contributed by atoms with Gasteiger partial charge < -0.3 is 5.11 Å². The van der Waals surface area contributed by atoms with E-state index < -0.39 is 10.0 Å². The second kappa shape index (κ2) is 5.12. The summed E-state index contributed by atoms with van der Waals surface area (Å²) in [4.78, 5) is 1.70. The van der Waals surface area contributed by atoms with Crippen LogP contribution in [0.4, 0.5) is 5.69 Å². The summed E-state index contributed by atoms with van der Waals surface area (Å²) >= 11 is 1.33. The van der Waals surface area contributed by atoms with Gasteiger partial charge in [0.15, 0.2) is 0 Å². The lowest BCUT2D eigenvalue weighted by Gasteiger charge is -2.24. The van der Waals surface area contributed by atoms with Crippen molar-refractivity contribution in [1.82, 2.24) is 0 Å². The summed E-state index contributed by atoms with van der Waals surface area (Å²) in [5.41, 5.74) is 1.82. The molecule has 0 fully saturated rings. The number of sulfonamides is 1. The van der Waals surface area contributed by atoms with Gasteiger partial charge in [-0.25, -0.2) is 8.42 Å². The molecule has 0 spiro atoms. The van der Waals surface area contributed by atoms with Crippen molar-refractivity contribution in [2.24, 2.45) is 0 Å². The molecule has 1 unspecified atom stereocenters. The minimum atomic E-state index is -3.59. The van der Waals surface area contributed by atoms with Crippen LogP contribution in [0.5, 0.6) is 0 Å². The summed E-state index contributed by atoms with van der Waals surface area (Å²) in [6.45, 7) is 3.57. The summed E-state index contributed by atoms with van der Waals surface area (Å²) in [5, 5.41) is 9.22. The lowest BCUT2D eigenvalue weighted by molar-refractivity contribution is 0.285. The predicted octanol–water partition coefficient (Wildman–Crippen LogP) is 2.69. The summed E-state index contributed by atoms with van der Waals surface area (Å²) in [6, 6.07) is 9.11. The van der Waals surface area contributed by atoms with Gasteiger partial charge in [0.2, 0.25) is 0 Å². The number of nitrogens with zero attached hydrogens (tertiary/aromatic N) is 1. The fraction of sp³-hybridized carbons (Fsp3) is 0.333. The van der Waals surface area contributed by atoms with E-state index in [1.54, 1.807) is 13.0 Å². The van der Waals surface area contributed by atoms with Crippen molar-refractivity contribution in [2.45, 2.75) is 37.8 Å². The largest absolute Gasteiger partial charge is 0.391 e. The van der Waals surface area contributed by atoms with Gasteiger partial charge in [0.25, 0.3) is 10.0 Å². The zero-order chi connectivity index (χ0) is 15.2. The van der Waals surface area contributed by atoms with E-state index in [-0.39, 0.29) is 12.6 Å². The van der Waals surface area contributed by atoms with E-state index in [9.17, 15) is 13.5 Å².